The van der Waals surface area contributed by atoms with Gasteiger partial charge in [0.1, 0.15) is 0 Å². The SMILES string of the molecule is CCCCNC(C)CC(C)Cl. The molecule has 0 saturated carbocycles. The van der Waals surface area contributed by atoms with E-state index in [2.05, 4.69) is 19.2 Å². The van der Waals surface area contributed by atoms with E-state index in [1.54, 1.807) is 0 Å². The fourth-order valence-corrected chi connectivity index (χ4v) is 1.36. The van der Waals surface area contributed by atoms with Gasteiger partial charge in [0.05, 0.1) is 0 Å². The van der Waals surface area contributed by atoms with Gasteiger partial charge in [0.15, 0.2) is 0 Å². The predicted molar refractivity (Wildman–Crippen MR) is 52.3 cm³/mol. The highest BCUT2D eigenvalue weighted by Crippen LogP contribution is 2.03. The first kappa shape index (κ1) is 11.2. The molecule has 0 aliphatic heterocycles. The van der Waals surface area contributed by atoms with Crippen molar-refractivity contribution >= 4 is 11.6 Å². The Bertz CT molecular complexity index is 83.6. The quantitative estimate of drug-likeness (QED) is 0.486. The maximum atomic E-state index is 5.85. The van der Waals surface area contributed by atoms with Gasteiger partial charge in [0.25, 0.3) is 0 Å². The van der Waals surface area contributed by atoms with Gasteiger partial charge in [-0.25, -0.2) is 0 Å². The number of alkyl halides is 1. The second-order valence-corrected chi connectivity index (χ2v) is 3.97. The molecule has 0 radical (unpaired) electrons. The van der Waals surface area contributed by atoms with Crippen LogP contribution in [-0.4, -0.2) is 18.0 Å². The van der Waals surface area contributed by atoms with Crippen molar-refractivity contribution in [1.82, 2.24) is 5.32 Å². The highest BCUT2D eigenvalue weighted by molar-refractivity contribution is 6.20. The van der Waals surface area contributed by atoms with Gasteiger partial charge < -0.3 is 5.32 Å². The van der Waals surface area contributed by atoms with Gasteiger partial charge >= 0.3 is 0 Å². The monoisotopic (exact) mass is 177 g/mol. The molecule has 2 unspecified atom stereocenters. The lowest BCUT2D eigenvalue weighted by Crippen LogP contribution is -2.28. The first-order chi connectivity index (χ1) is 5.16. The van der Waals surface area contributed by atoms with E-state index in [9.17, 15) is 0 Å². The van der Waals surface area contributed by atoms with Crippen molar-refractivity contribution in [3.05, 3.63) is 0 Å². The van der Waals surface area contributed by atoms with Gasteiger partial charge in [-0.2, -0.15) is 0 Å². The van der Waals surface area contributed by atoms with Gasteiger partial charge in [-0.1, -0.05) is 13.3 Å². The smallest absolute Gasteiger partial charge is 0.0322 e. The van der Waals surface area contributed by atoms with Crippen molar-refractivity contribution in [3.8, 4) is 0 Å². The molecule has 0 aliphatic rings. The van der Waals surface area contributed by atoms with Crippen molar-refractivity contribution in [1.29, 1.82) is 0 Å². The Morgan fingerprint density at radius 2 is 2.00 bits per heavy atom. The van der Waals surface area contributed by atoms with Gasteiger partial charge in [-0.3, -0.25) is 0 Å². The molecule has 0 heterocycles. The molecule has 0 aliphatic carbocycles. The predicted octanol–water partition coefficient (Wildman–Crippen LogP) is 2.78. The van der Waals surface area contributed by atoms with Gasteiger partial charge in [-0.05, 0) is 33.2 Å². The lowest BCUT2D eigenvalue weighted by molar-refractivity contribution is 0.502. The second-order valence-electron chi connectivity index (χ2n) is 3.23. The maximum absolute atomic E-state index is 5.85. The topological polar surface area (TPSA) is 12.0 Å². The van der Waals surface area contributed by atoms with Gasteiger partial charge in [0, 0.05) is 11.4 Å². The molecule has 68 valence electrons. The molecule has 0 spiro atoms. The molecule has 2 atom stereocenters. The van der Waals surface area contributed by atoms with Crippen molar-refractivity contribution in [3.63, 3.8) is 0 Å². The molecular formula is C9H20ClN. The summed E-state index contributed by atoms with van der Waals surface area (Å²) in [6.07, 6.45) is 3.59. The normalized spacial score (nSPS) is 16.4. The Hall–Kier alpha value is 0.250. The Labute approximate surface area is 75.5 Å². The molecule has 0 amide bonds. The zero-order valence-electron chi connectivity index (χ0n) is 7.86. The largest absolute Gasteiger partial charge is 0.314 e. The number of hydrogen-bond acceptors (Lipinski definition) is 1. The van der Waals surface area contributed by atoms with Gasteiger partial charge in [0.2, 0.25) is 0 Å². The molecule has 0 aromatic rings. The first-order valence-corrected chi connectivity index (χ1v) is 4.98. The second kappa shape index (κ2) is 6.93. The average molecular weight is 178 g/mol. The molecular weight excluding hydrogens is 158 g/mol. The molecule has 0 aromatic carbocycles. The van der Waals surface area contributed by atoms with Crippen LogP contribution in [0.2, 0.25) is 0 Å². The fraction of sp³-hybridized carbons (Fsp3) is 1.00. The first-order valence-electron chi connectivity index (χ1n) is 4.54. The van der Waals surface area contributed by atoms with Crippen LogP contribution in [0.25, 0.3) is 0 Å². The van der Waals surface area contributed by atoms with E-state index in [0.29, 0.717) is 11.4 Å². The summed E-state index contributed by atoms with van der Waals surface area (Å²) in [4.78, 5) is 0. The fourth-order valence-electron chi connectivity index (χ4n) is 1.10. The van der Waals surface area contributed by atoms with Crippen LogP contribution >= 0.6 is 11.6 Å². The van der Waals surface area contributed by atoms with Crippen molar-refractivity contribution in [2.75, 3.05) is 6.54 Å². The summed E-state index contributed by atoms with van der Waals surface area (Å²) in [5.41, 5.74) is 0. The third-order valence-corrected chi connectivity index (χ3v) is 1.88. The highest BCUT2D eigenvalue weighted by Gasteiger charge is 2.03. The van der Waals surface area contributed by atoms with Crippen LogP contribution < -0.4 is 5.32 Å². The van der Waals surface area contributed by atoms with E-state index in [1.807, 2.05) is 6.92 Å². The van der Waals surface area contributed by atoms with E-state index in [1.165, 1.54) is 12.8 Å². The lowest BCUT2D eigenvalue weighted by Gasteiger charge is -2.14. The van der Waals surface area contributed by atoms with E-state index < -0.39 is 0 Å². The Kier molecular flexibility index (Phi) is 7.09. The minimum absolute atomic E-state index is 0.291. The summed E-state index contributed by atoms with van der Waals surface area (Å²) >= 11 is 5.85. The van der Waals surface area contributed by atoms with Crippen LogP contribution in [0, 0.1) is 0 Å². The third-order valence-electron chi connectivity index (χ3n) is 1.70. The number of halogens is 1. The van der Waals surface area contributed by atoms with Crippen LogP contribution in [-0.2, 0) is 0 Å². The van der Waals surface area contributed by atoms with Crippen molar-refractivity contribution in [2.45, 2.75) is 51.5 Å². The number of hydrogen-bond donors (Lipinski definition) is 1. The molecule has 2 heteroatoms. The van der Waals surface area contributed by atoms with Crippen LogP contribution in [0.5, 0.6) is 0 Å². The molecule has 0 fully saturated rings. The molecule has 11 heavy (non-hydrogen) atoms. The van der Waals surface area contributed by atoms with E-state index in [0.717, 1.165) is 13.0 Å². The van der Waals surface area contributed by atoms with E-state index >= 15 is 0 Å². The highest BCUT2D eigenvalue weighted by atomic mass is 35.5. The summed E-state index contributed by atoms with van der Waals surface area (Å²) in [7, 11) is 0. The summed E-state index contributed by atoms with van der Waals surface area (Å²) in [5, 5.41) is 3.72. The molecule has 0 bridgehead atoms. The van der Waals surface area contributed by atoms with E-state index in [-0.39, 0.29) is 0 Å². The van der Waals surface area contributed by atoms with Crippen molar-refractivity contribution in [2.24, 2.45) is 0 Å². The van der Waals surface area contributed by atoms with Crippen molar-refractivity contribution < 1.29 is 0 Å². The number of rotatable bonds is 6. The van der Waals surface area contributed by atoms with Gasteiger partial charge in [-0.15, -0.1) is 11.6 Å². The van der Waals surface area contributed by atoms with E-state index in [4.69, 9.17) is 11.6 Å². The zero-order chi connectivity index (χ0) is 8.69. The molecule has 0 rings (SSSR count). The Morgan fingerprint density at radius 3 is 2.45 bits per heavy atom. The summed E-state index contributed by atoms with van der Waals surface area (Å²) in [6, 6.07) is 0.564. The minimum atomic E-state index is 0.291. The number of nitrogens with one attached hydrogen (secondary N) is 1. The zero-order valence-corrected chi connectivity index (χ0v) is 8.62. The molecule has 0 aromatic heterocycles. The Balaban J connectivity index is 3.15. The molecule has 1 N–H and O–H groups in total. The molecule has 0 saturated heterocycles. The number of unbranched alkanes of at least 4 members (excludes halogenated alkanes) is 1. The Morgan fingerprint density at radius 1 is 1.36 bits per heavy atom. The summed E-state index contributed by atoms with van der Waals surface area (Å²) in [5.74, 6) is 0. The van der Waals surface area contributed by atoms with Crippen LogP contribution in [0.4, 0.5) is 0 Å². The minimum Gasteiger partial charge on any atom is -0.314 e. The summed E-state index contributed by atoms with van der Waals surface area (Å²) < 4.78 is 0. The molecule has 1 nitrogen and oxygen atoms in total. The average Bonchev–Trinajstić information content (AvgIpc) is 1.86. The summed E-state index contributed by atoms with van der Waals surface area (Å²) in [6.45, 7) is 7.56. The van der Waals surface area contributed by atoms with Crippen LogP contribution in [0.1, 0.15) is 40.0 Å². The standard InChI is InChI=1S/C9H20ClN/c1-4-5-6-11-9(3)7-8(2)10/h8-9,11H,4-7H2,1-3H3. The van der Waals surface area contributed by atoms with Crippen LogP contribution in [0.15, 0.2) is 0 Å². The lowest BCUT2D eigenvalue weighted by atomic mass is 10.2. The maximum Gasteiger partial charge on any atom is 0.0322 e. The van der Waals surface area contributed by atoms with Crippen LogP contribution in [0.3, 0.4) is 0 Å². The third kappa shape index (κ3) is 8.15.